The van der Waals surface area contributed by atoms with Crippen molar-refractivity contribution in [2.75, 3.05) is 33.7 Å². The number of carbonyl (C=O) groups excluding carboxylic acids is 2. The van der Waals surface area contributed by atoms with Crippen LogP contribution in [-0.2, 0) is 11.3 Å². The molecule has 0 bridgehead atoms. The molecule has 1 unspecified atom stereocenters. The molecule has 2 amide bonds. The molecular formula is C24H37N5O2. The first kappa shape index (κ1) is 23.1. The number of guanidine groups is 1. The first-order chi connectivity index (χ1) is 15.0. The van der Waals surface area contributed by atoms with Crippen LogP contribution in [0, 0.1) is 5.92 Å². The topological polar surface area (TPSA) is 77.0 Å². The number of carbonyl (C=O) groups is 2. The molecule has 7 nitrogen and oxygen atoms in total. The van der Waals surface area contributed by atoms with E-state index < -0.39 is 0 Å². The lowest BCUT2D eigenvalue weighted by molar-refractivity contribution is -0.135. The highest BCUT2D eigenvalue weighted by Crippen LogP contribution is 2.26. The van der Waals surface area contributed by atoms with Gasteiger partial charge in [0.25, 0.3) is 5.91 Å². The molecular weight excluding hydrogens is 390 g/mol. The summed E-state index contributed by atoms with van der Waals surface area (Å²) in [4.78, 5) is 33.2. The van der Waals surface area contributed by atoms with Crippen molar-refractivity contribution in [3.8, 4) is 0 Å². The van der Waals surface area contributed by atoms with Crippen molar-refractivity contribution in [3.63, 3.8) is 0 Å². The van der Waals surface area contributed by atoms with Crippen LogP contribution in [0.25, 0.3) is 0 Å². The molecule has 2 N–H and O–H groups in total. The van der Waals surface area contributed by atoms with E-state index >= 15 is 0 Å². The number of nitrogens with one attached hydrogen (secondary N) is 2. The molecule has 1 aliphatic heterocycles. The summed E-state index contributed by atoms with van der Waals surface area (Å²) in [7, 11) is 3.50. The fourth-order valence-electron chi connectivity index (χ4n) is 4.38. The maximum atomic E-state index is 12.8. The quantitative estimate of drug-likeness (QED) is 0.541. The maximum Gasteiger partial charge on any atom is 0.253 e. The minimum Gasteiger partial charge on any atom is -0.357 e. The van der Waals surface area contributed by atoms with Gasteiger partial charge in [-0.1, -0.05) is 31.4 Å². The standard InChI is InChI=1S/C24H37N5O2/c1-4-25-24(26-16-18-10-12-20(13-11-18)22(30)28(2)3)27-21-14-15-29(17-21)23(31)19-8-6-5-7-9-19/h10-13,19,21H,4-9,14-17H2,1-3H3,(H2,25,26,27). The molecule has 31 heavy (non-hydrogen) atoms. The zero-order valence-corrected chi connectivity index (χ0v) is 19.2. The molecule has 7 heteroatoms. The fourth-order valence-corrected chi connectivity index (χ4v) is 4.38. The Labute approximate surface area is 186 Å². The van der Waals surface area contributed by atoms with Crippen LogP contribution in [0.5, 0.6) is 0 Å². The third-order valence-corrected chi connectivity index (χ3v) is 6.17. The number of aliphatic imine (C=N–C) groups is 1. The molecule has 2 fully saturated rings. The van der Waals surface area contributed by atoms with E-state index in [0.717, 1.165) is 50.4 Å². The molecule has 0 aromatic heterocycles. The van der Waals surface area contributed by atoms with Gasteiger partial charge in [0.15, 0.2) is 5.96 Å². The van der Waals surface area contributed by atoms with Crippen LogP contribution in [0.2, 0.25) is 0 Å². The molecule has 3 rings (SSSR count). The van der Waals surface area contributed by atoms with Crippen molar-refractivity contribution in [2.45, 2.75) is 58.0 Å². The van der Waals surface area contributed by atoms with Gasteiger partial charge < -0.3 is 20.4 Å². The Morgan fingerprint density at radius 2 is 1.81 bits per heavy atom. The van der Waals surface area contributed by atoms with Gasteiger partial charge in [0, 0.05) is 51.3 Å². The lowest BCUT2D eigenvalue weighted by Gasteiger charge is -2.26. The Morgan fingerprint density at radius 1 is 1.10 bits per heavy atom. The van der Waals surface area contributed by atoms with Crippen LogP contribution in [0.1, 0.15) is 61.4 Å². The Balaban J connectivity index is 1.54. The van der Waals surface area contributed by atoms with E-state index in [0.29, 0.717) is 18.0 Å². The number of amides is 2. The zero-order valence-electron chi connectivity index (χ0n) is 19.2. The predicted octanol–water partition coefficient (Wildman–Crippen LogP) is 2.62. The molecule has 1 aliphatic carbocycles. The molecule has 0 radical (unpaired) electrons. The number of benzene rings is 1. The SMILES string of the molecule is CCNC(=NCc1ccc(C(=O)N(C)C)cc1)NC1CCN(C(=O)C2CCCCC2)C1. The zero-order chi connectivity index (χ0) is 22.2. The fraction of sp³-hybridized carbons (Fsp3) is 0.625. The summed E-state index contributed by atoms with van der Waals surface area (Å²) in [5, 5.41) is 6.81. The van der Waals surface area contributed by atoms with Gasteiger partial charge in [-0.2, -0.15) is 0 Å². The van der Waals surface area contributed by atoms with Crippen LogP contribution in [-0.4, -0.2) is 67.3 Å². The van der Waals surface area contributed by atoms with Gasteiger partial charge in [-0.25, -0.2) is 4.99 Å². The van der Waals surface area contributed by atoms with Crippen molar-refractivity contribution in [2.24, 2.45) is 10.9 Å². The number of rotatable bonds is 6. The first-order valence-electron chi connectivity index (χ1n) is 11.6. The van der Waals surface area contributed by atoms with Gasteiger partial charge >= 0.3 is 0 Å². The van der Waals surface area contributed by atoms with Crippen molar-refractivity contribution < 1.29 is 9.59 Å². The average Bonchev–Trinajstić information content (AvgIpc) is 3.26. The molecule has 1 saturated heterocycles. The highest BCUT2D eigenvalue weighted by Gasteiger charge is 2.31. The average molecular weight is 428 g/mol. The van der Waals surface area contributed by atoms with Gasteiger partial charge in [-0.15, -0.1) is 0 Å². The van der Waals surface area contributed by atoms with Crippen LogP contribution >= 0.6 is 0 Å². The van der Waals surface area contributed by atoms with Crippen LogP contribution in [0.15, 0.2) is 29.3 Å². The smallest absolute Gasteiger partial charge is 0.253 e. The van der Waals surface area contributed by atoms with E-state index in [1.54, 1.807) is 19.0 Å². The van der Waals surface area contributed by atoms with Crippen molar-refractivity contribution in [1.82, 2.24) is 20.4 Å². The summed E-state index contributed by atoms with van der Waals surface area (Å²) < 4.78 is 0. The van der Waals surface area contributed by atoms with E-state index in [-0.39, 0.29) is 17.9 Å². The normalized spacial score (nSPS) is 19.9. The lowest BCUT2D eigenvalue weighted by atomic mass is 9.88. The molecule has 170 valence electrons. The lowest BCUT2D eigenvalue weighted by Crippen LogP contribution is -2.45. The van der Waals surface area contributed by atoms with E-state index in [1.807, 2.05) is 36.1 Å². The molecule has 0 spiro atoms. The molecule has 1 atom stereocenters. The Bertz CT molecular complexity index is 769. The van der Waals surface area contributed by atoms with E-state index in [4.69, 9.17) is 4.99 Å². The minimum absolute atomic E-state index is 0.00128. The van der Waals surface area contributed by atoms with Gasteiger partial charge in [-0.05, 0) is 43.9 Å². The van der Waals surface area contributed by atoms with Crippen LogP contribution < -0.4 is 10.6 Å². The Hall–Kier alpha value is -2.57. The number of hydrogen-bond donors (Lipinski definition) is 2. The molecule has 1 saturated carbocycles. The summed E-state index contributed by atoms with van der Waals surface area (Å²) in [5.41, 5.74) is 1.73. The van der Waals surface area contributed by atoms with Crippen molar-refractivity contribution >= 4 is 17.8 Å². The monoisotopic (exact) mass is 427 g/mol. The maximum absolute atomic E-state index is 12.8. The first-order valence-corrected chi connectivity index (χ1v) is 11.6. The molecule has 1 aromatic carbocycles. The Kier molecular flexibility index (Phi) is 8.32. The summed E-state index contributed by atoms with van der Waals surface area (Å²) >= 11 is 0. The highest BCUT2D eigenvalue weighted by molar-refractivity contribution is 5.93. The predicted molar refractivity (Wildman–Crippen MR) is 124 cm³/mol. The van der Waals surface area contributed by atoms with Crippen LogP contribution in [0.4, 0.5) is 0 Å². The van der Waals surface area contributed by atoms with Crippen molar-refractivity contribution in [3.05, 3.63) is 35.4 Å². The van der Waals surface area contributed by atoms with Gasteiger partial charge in [0.05, 0.1) is 6.54 Å². The molecule has 2 aliphatic rings. The second-order valence-electron chi connectivity index (χ2n) is 8.84. The second kappa shape index (κ2) is 11.2. The number of likely N-dealkylation sites (tertiary alicyclic amines) is 1. The van der Waals surface area contributed by atoms with Gasteiger partial charge in [0.2, 0.25) is 5.91 Å². The minimum atomic E-state index is -0.00128. The van der Waals surface area contributed by atoms with E-state index in [9.17, 15) is 9.59 Å². The van der Waals surface area contributed by atoms with Crippen molar-refractivity contribution in [1.29, 1.82) is 0 Å². The van der Waals surface area contributed by atoms with E-state index in [2.05, 4.69) is 10.6 Å². The molecule has 1 aromatic rings. The summed E-state index contributed by atoms with van der Waals surface area (Å²) in [6, 6.07) is 7.82. The third kappa shape index (κ3) is 6.45. The van der Waals surface area contributed by atoms with E-state index in [1.165, 1.54) is 19.3 Å². The second-order valence-corrected chi connectivity index (χ2v) is 8.84. The Morgan fingerprint density at radius 3 is 2.45 bits per heavy atom. The summed E-state index contributed by atoms with van der Waals surface area (Å²) in [6.07, 6.45) is 6.70. The number of nitrogens with zero attached hydrogens (tertiary/aromatic N) is 3. The highest BCUT2D eigenvalue weighted by atomic mass is 16.2. The number of hydrogen-bond acceptors (Lipinski definition) is 3. The molecule has 1 heterocycles. The summed E-state index contributed by atoms with van der Waals surface area (Å²) in [5.74, 6) is 1.35. The van der Waals surface area contributed by atoms with Gasteiger partial charge in [0.1, 0.15) is 0 Å². The largest absolute Gasteiger partial charge is 0.357 e. The summed E-state index contributed by atoms with van der Waals surface area (Å²) in [6.45, 7) is 4.93. The van der Waals surface area contributed by atoms with Gasteiger partial charge in [-0.3, -0.25) is 9.59 Å². The van der Waals surface area contributed by atoms with Crippen LogP contribution in [0.3, 0.4) is 0 Å². The third-order valence-electron chi connectivity index (χ3n) is 6.17.